The van der Waals surface area contributed by atoms with Crippen LogP contribution in [0.25, 0.3) is 0 Å². The van der Waals surface area contributed by atoms with Crippen molar-refractivity contribution >= 4 is 47.1 Å². The lowest BCUT2D eigenvalue weighted by atomic mass is 10.1. The average Bonchev–Trinajstić information content (AvgIpc) is 2.92. The lowest BCUT2D eigenvalue weighted by Gasteiger charge is -2.10. The van der Waals surface area contributed by atoms with E-state index in [1.54, 1.807) is 13.8 Å². The van der Waals surface area contributed by atoms with E-state index in [9.17, 15) is 23.6 Å². The van der Waals surface area contributed by atoms with Gasteiger partial charge in [0.2, 0.25) is 0 Å². The number of thioether (sulfide) groups is 1. The minimum absolute atomic E-state index is 0.00476. The van der Waals surface area contributed by atoms with Crippen molar-refractivity contribution in [3.05, 3.63) is 76.7 Å². The van der Waals surface area contributed by atoms with Crippen molar-refractivity contribution in [1.29, 1.82) is 0 Å². The van der Waals surface area contributed by atoms with Gasteiger partial charge in [0.1, 0.15) is 23.8 Å². The van der Waals surface area contributed by atoms with Crippen molar-refractivity contribution in [2.24, 2.45) is 0 Å². The maximum absolute atomic E-state index is 13.0. The third-order valence-corrected chi connectivity index (χ3v) is 5.71. The van der Waals surface area contributed by atoms with E-state index < -0.39 is 29.6 Å². The molecule has 3 N–H and O–H groups in total. The summed E-state index contributed by atoms with van der Waals surface area (Å²) in [6.07, 6.45) is 1.21. The second-order valence-electron chi connectivity index (χ2n) is 7.72. The number of hydrogen-bond donors (Lipinski definition) is 2. The Morgan fingerprint density at radius 2 is 1.56 bits per heavy atom. The molecule has 3 aromatic rings. The van der Waals surface area contributed by atoms with Crippen LogP contribution in [0.2, 0.25) is 0 Å². The van der Waals surface area contributed by atoms with Crippen LogP contribution in [0.3, 0.4) is 0 Å². The molecule has 0 aliphatic heterocycles. The molecule has 0 saturated carbocycles. The number of aromatic nitrogens is 2. The van der Waals surface area contributed by atoms with Crippen LogP contribution in [0.1, 0.15) is 50.5 Å². The minimum Gasteiger partial charge on any atom is -0.462 e. The number of nitrogen functional groups attached to an aromatic ring is 1. The van der Waals surface area contributed by atoms with E-state index in [4.69, 9.17) is 19.9 Å². The summed E-state index contributed by atoms with van der Waals surface area (Å²) in [5, 5.41) is 2.70. The SMILES string of the molecule is CCOC(=O)c1cc(COC(=O)CSc2ncc(C(=O)Nc3ccc(F)cc3)c(N)n2)cc(C(=O)OCC)c1. The van der Waals surface area contributed by atoms with Crippen LogP contribution in [0, 0.1) is 5.82 Å². The predicted molar refractivity (Wildman–Crippen MR) is 140 cm³/mol. The molecule has 0 radical (unpaired) electrons. The molecular formula is C26H25FN4O7S. The highest BCUT2D eigenvalue weighted by atomic mass is 32.2. The van der Waals surface area contributed by atoms with Gasteiger partial charge in [-0.05, 0) is 61.9 Å². The van der Waals surface area contributed by atoms with Crippen molar-refractivity contribution in [2.75, 3.05) is 30.0 Å². The Kier molecular flexibility index (Phi) is 10.3. The average molecular weight is 557 g/mol. The van der Waals surface area contributed by atoms with E-state index in [0.717, 1.165) is 11.8 Å². The largest absolute Gasteiger partial charge is 0.462 e. The van der Waals surface area contributed by atoms with Crippen molar-refractivity contribution in [3.63, 3.8) is 0 Å². The second-order valence-corrected chi connectivity index (χ2v) is 8.66. The number of rotatable bonds is 11. The van der Waals surface area contributed by atoms with Gasteiger partial charge >= 0.3 is 17.9 Å². The van der Waals surface area contributed by atoms with Crippen LogP contribution in [0.15, 0.2) is 53.8 Å². The highest BCUT2D eigenvalue weighted by molar-refractivity contribution is 7.99. The van der Waals surface area contributed by atoms with Crippen LogP contribution in [0.4, 0.5) is 15.9 Å². The number of benzene rings is 2. The molecule has 2 aromatic carbocycles. The second kappa shape index (κ2) is 13.9. The first kappa shape index (κ1) is 29.0. The molecular weight excluding hydrogens is 531 g/mol. The number of hydrogen-bond acceptors (Lipinski definition) is 11. The fourth-order valence-corrected chi connectivity index (χ4v) is 3.74. The molecule has 0 fully saturated rings. The maximum Gasteiger partial charge on any atom is 0.338 e. The molecule has 0 spiro atoms. The summed E-state index contributed by atoms with van der Waals surface area (Å²) in [5.74, 6) is -3.19. The molecule has 1 amide bonds. The number of esters is 3. The molecule has 0 saturated heterocycles. The van der Waals surface area contributed by atoms with Crippen LogP contribution in [-0.2, 0) is 25.6 Å². The van der Waals surface area contributed by atoms with Crippen molar-refractivity contribution in [3.8, 4) is 0 Å². The smallest absolute Gasteiger partial charge is 0.338 e. The van der Waals surface area contributed by atoms with E-state index in [0.29, 0.717) is 11.3 Å². The first-order chi connectivity index (χ1) is 18.7. The first-order valence-corrected chi connectivity index (χ1v) is 12.6. The number of halogens is 1. The molecule has 1 aromatic heterocycles. The van der Waals surface area contributed by atoms with Crippen molar-refractivity contribution < 1.29 is 37.8 Å². The van der Waals surface area contributed by atoms with Gasteiger partial charge in [-0.2, -0.15) is 0 Å². The molecule has 0 atom stereocenters. The zero-order chi connectivity index (χ0) is 28.4. The molecule has 1 heterocycles. The number of nitrogens with two attached hydrogens (primary N) is 1. The normalized spacial score (nSPS) is 10.4. The molecule has 11 nitrogen and oxygen atoms in total. The van der Waals surface area contributed by atoms with Crippen LogP contribution in [-0.4, -0.2) is 52.7 Å². The van der Waals surface area contributed by atoms with Gasteiger partial charge in [-0.25, -0.2) is 23.9 Å². The van der Waals surface area contributed by atoms with Gasteiger partial charge in [-0.1, -0.05) is 11.8 Å². The molecule has 204 valence electrons. The van der Waals surface area contributed by atoms with Gasteiger partial charge in [-0.15, -0.1) is 0 Å². The summed E-state index contributed by atoms with van der Waals surface area (Å²) in [6, 6.07) is 9.45. The van der Waals surface area contributed by atoms with Crippen molar-refractivity contribution in [1.82, 2.24) is 9.97 Å². The Balaban J connectivity index is 1.58. The quantitative estimate of drug-likeness (QED) is 0.154. The summed E-state index contributed by atoms with van der Waals surface area (Å²) in [6.45, 7) is 3.39. The maximum atomic E-state index is 13.0. The Hall–Kier alpha value is -4.52. The Bertz CT molecular complexity index is 1330. The molecule has 0 aliphatic rings. The number of carbonyl (C=O) groups is 4. The van der Waals surface area contributed by atoms with Gasteiger partial charge < -0.3 is 25.3 Å². The molecule has 0 bridgehead atoms. The zero-order valence-electron chi connectivity index (χ0n) is 21.1. The highest BCUT2D eigenvalue weighted by Gasteiger charge is 2.17. The number of nitrogens with zero attached hydrogens (tertiary/aromatic N) is 2. The molecule has 0 aliphatic carbocycles. The first-order valence-electron chi connectivity index (χ1n) is 11.7. The van der Waals surface area contributed by atoms with Gasteiger partial charge in [0, 0.05) is 11.9 Å². The third-order valence-electron chi connectivity index (χ3n) is 4.88. The van der Waals surface area contributed by atoms with Gasteiger partial charge in [0.05, 0.1) is 30.1 Å². The van der Waals surface area contributed by atoms with Crippen LogP contribution < -0.4 is 11.1 Å². The van der Waals surface area contributed by atoms with Gasteiger partial charge in [-0.3, -0.25) is 9.59 Å². The van der Waals surface area contributed by atoms with E-state index in [1.807, 2.05) is 0 Å². The number of carbonyl (C=O) groups excluding carboxylic acids is 4. The van der Waals surface area contributed by atoms with Crippen LogP contribution >= 0.6 is 11.8 Å². The van der Waals surface area contributed by atoms with E-state index >= 15 is 0 Å². The Morgan fingerprint density at radius 3 is 2.13 bits per heavy atom. The standard InChI is InChI=1S/C26H25FN4O7S/c1-3-36-24(34)16-9-15(10-17(11-16)25(35)37-4-2)13-38-21(32)14-39-26-29-12-20(22(28)31-26)23(33)30-19-7-5-18(27)6-8-19/h5-12H,3-4,13-14H2,1-2H3,(H,30,33)(H2,28,29,31). The number of amides is 1. The molecule has 39 heavy (non-hydrogen) atoms. The van der Waals surface area contributed by atoms with E-state index in [2.05, 4.69) is 15.3 Å². The summed E-state index contributed by atoms with van der Waals surface area (Å²) in [5.41, 5.74) is 6.88. The number of anilines is 2. The summed E-state index contributed by atoms with van der Waals surface area (Å²) < 4.78 is 28.3. The van der Waals surface area contributed by atoms with Crippen molar-refractivity contribution in [2.45, 2.75) is 25.6 Å². The van der Waals surface area contributed by atoms with E-state index in [1.165, 1.54) is 48.7 Å². The highest BCUT2D eigenvalue weighted by Crippen LogP contribution is 2.19. The Labute approximate surface area is 227 Å². The number of ether oxygens (including phenoxy) is 3. The fourth-order valence-electron chi connectivity index (χ4n) is 3.12. The van der Waals surface area contributed by atoms with Gasteiger partial charge in [0.25, 0.3) is 5.91 Å². The monoisotopic (exact) mass is 556 g/mol. The summed E-state index contributed by atoms with van der Waals surface area (Å²) in [4.78, 5) is 57.2. The van der Waals surface area contributed by atoms with Crippen LogP contribution in [0.5, 0.6) is 0 Å². The molecule has 0 unspecified atom stereocenters. The van der Waals surface area contributed by atoms with E-state index in [-0.39, 0.29) is 53.2 Å². The molecule has 13 heteroatoms. The number of nitrogens with one attached hydrogen (secondary N) is 1. The lowest BCUT2D eigenvalue weighted by molar-refractivity contribution is -0.141. The topological polar surface area (TPSA) is 160 Å². The lowest BCUT2D eigenvalue weighted by Crippen LogP contribution is -2.16. The molecule has 3 rings (SSSR count). The predicted octanol–water partition coefficient (Wildman–Crippen LogP) is 3.64. The third kappa shape index (κ3) is 8.50. The van der Waals surface area contributed by atoms with Gasteiger partial charge in [0.15, 0.2) is 5.16 Å². The minimum atomic E-state index is -0.628. The summed E-state index contributed by atoms with van der Waals surface area (Å²) in [7, 11) is 0. The Morgan fingerprint density at radius 1 is 0.949 bits per heavy atom. The fraction of sp³-hybridized carbons (Fsp3) is 0.231. The zero-order valence-corrected chi connectivity index (χ0v) is 21.9. The summed E-state index contributed by atoms with van der Waals surface area (Å²) >= 11 is 0.935.